The molecule has 0 saturated heterocycles. The highest BCUT2D eigenvalue weighted by molar-refractivity contribution is 14.1. The van der Waals surface area contributed by atoms with Crippen LogP contribution in [0.3, 0.4) is 0 Å². The van der Waals surface area contributed by atoms with Crippen molar-refractivity contribution < 1.29 is 9.59 Å². The Hall–Kier alpha value is -0.630. The molecule has 0 radical (unpaired) electrons. The van der Waals surface area contributed by atoms with Crippen LogP contribution in [0.2, 0.25) is 0 Å². The van der Waals surface area contributed by atoms with E-state index in [1.165, 1.54) is 16.2 Å². The zero-order chi connectivity index (χ0) is 13.7. The molecular weight excluding hydrogens is 363 g/mol. The van der Waals surface area contributed by atoms with Gasteiger partial charge in [0.1, 0.15) is 0 Å². The van der Waals surface area contributed by atoms with E-state index in [0.717, 1.165) is 2.88 Å². The van der Waals surface area contributed by atoms with Gasteiger partial charge in [0.25, 0.3) is 5.91 Å². The molecule has 0 bridgehead atoms. The maximum atomic E-state index is 12.1. The molecule has 0 fully saturated rings. The Kier molecular flexibility index (Phi) is 6.07. The number of hydrogen-bond donors (Lipinski definition) is 0. The fourth-order valence-electron chi connectivity index (χ4n) is 1.59. The third-order valence-electron chi connectivity index (χ3n) is 2.65. The van der Waals surface area contributed by atoms with Crippen LogP contribution in [-0.2, 0) is 4.79 Å². The molecule has 1 aromatic heterocycles. The summed E-state index contributed by atoms with van der Waals surface area (Å²) in [5.41, 5.74) is 0.652. The van der Waals surface area contributed by atoms with Crippen LogP contribution in [0.15, 0.2) is 11.4 Å². The lowest BCUT2D eigenvalue weighted by Gasteiger charge is -2.22. The Morgan fingerprint density at radius 2 is 1.94 bits per heavy atom. The second-order valence-electron chi connectivity index (χ2n) is 3.87. The van der Waals surface area contributed by atoms with Gasteiger partial charge in [0, 0.05) is 25.5 Å². The van der Waals surface area contributed by atoms with Gasteiger partial charge in [0.15, 0.2) is 0 Å². The first-order chi connectivity index (χ1) is 8.49. The molecule has 0 atom stereocenters. The number of likely N-dealkylation sites (N-methyl/N-ethyl adjacent to an activating group) is 2. The molecule has 0 aliphatic heterocycles. The van der Waals surface area contributed by atoms with E-state index in [-0.39, 0.29) is 18.4 Å². The molecule has 100 valence electrons. The number of thiophene rings is 1. The number of hydrogen-bond acceptors (Lipinski definition) is 3. The molecule has 0 unspecified atom stereocenters. The summed E-state index contributed by atoms with van der Waals surface area (Å²) < 4.78 is 1.07. The first-order valence-corrected chi connectivity index (χ1v) is 7.72. The van der Waals surface area contributed by atoms with Crippen LogP contribution in [0.25, 0.3) is 0 Å². The second-order valence-corrected chi connectivity index (χ2v) is 6.67. The minimum absolute atomic E-state index is 0.0132. The average molecular weight is 380 g/mol. The highest BCUT2D eigenvalue weighted by Crippen LogP contribution is 2.17. The minimum Gasteiger partial charge on any atom is -0.342 e. The van der Waals surface area contributed by atoms with Gasteiger partial charge in [-0.15, -0.1) is 11.3 Å². The number of carbonyl (C=O) groups is 2. The Morgan fingerprint density at radius 1 is 1.33 bits per heavy atom. The van der Waals surface area contributed by atoms with Gasteiger partial charge in [-0.2, -0.15) is 0 Å². The first kappa shape index (κ1) is 15.4. The normalized spacial score (nSPS) is 10.2. The van der Waals surface area contributed by atoms with E-state index >= 15 is 0 Å². The van der Waals surface area contributed by atoms with Crippen molar-refractivity contribution in [2.75, 3.05) is 26.7 Å². The van der Waals surface area contributed by atoms with Crippen molar-refractivity contribution in [2.24, 2.45) is 0 Å². The van der Waals surface area contributed by atoms with Crippen molar-refractivity contribution in [3.8, 4) is 0 Å². The molecule has 0 N–H and O–H groups in total. The molecule has 1 heterocycles. The predicted molar refractivity (Wildman–Crippen MR) is 81.9 cm³/mol. The van der Waals surface area contributed by atoms with E-state index in [1.54, 1.807) is 11.9 Å². The van der Waals surface area contributed by atoms with Crippen molar-refractivity contribution in [1.29, 1.82) is 0 Å². The maximum absolute atomic E-state index is 12.1. The van der Waals surface area contributed by atoms with Crippen molar-refractivity contribution in [3.63, 3.8) is 0 Å². The van der Waals surface area contributed by atoms with Gasteiger partial charge in [-0.05, 0) is 42.5 Å². The van der Waals surface area contributed by atoms with Crippen LogP contribution in [-0.4, -0.2) is 48.3 Å². The van der Waals surface area contributed by atoms with Crippen molar-refractivity contribution in [2.45, 2.75) is 13.8 Å². The third-order valence-corrected chi connectivity index (χ3v) is 4.44. The number of nitrogens with zero attached hydrogens (tertiary/aromatic N) is 2. The van der Waals surface area contributed by atoms with Crippen LogP contribution >= 0.6 is 33.9 Å². The smallest absolute Gasteiger partial charge is 0.254 e. The summed E-state index contributed by atoms with van der Waals surface area (Å²) in [6, 6.07) is 1.84. The highest BCUT2D eigenvalue weighted by atomic mass is 127. The molecule has 1 rings (SSSR count). The van der Waals surface area contributed by atoms with Gasteiger partial charge in [0.05, 0.1) is 15.0 Å². The standard InChI is InChI=1S/C12H17IN2O2S/c1-4-15(5-2)11(16)7-14(3)12(17)9-6-10(13)18-8-9/h6,8H,4-5,7H2,1-3H3. The molecule has 2 amide bonds. The van der Waals surface area contributed by atoms with Gasteiger partial charge < -0.3 is 9.80 Å². The Morgan fingerprint density at radius 3 is 2.39 bits per heavy atom. The molecule has 0 aliphatic carbocycles. The largest absolute Gasteiger partial charge is 0.342 e. The summed E-state index contributed by atoms with van der Waals surface area (Å²) in [6.45, 7) is 5.35. The summed E-state index contributed by atoms with van der Waals surface area (Å²) in [5.74, 6) is -0.115. The average Bonchev–Trinajstić information content (AvgIpc) is 2.76. The number of carbonyl (C=O) groups excluding carboxylic acids is 2. The molecule has 0 aliphatic rings. The van der Waals surface area contributed by atoms with Crippen LogP contribution < -0.4 is 0 Å². The number of amides is 2. The van der Waals surface area contributed by atoms with Crippen molar-refractivity contribution in [3.05, 3.63) is 19.9 Å². The van der Waals surface area contributed by atoms with Gasteiger partial charge in [-0.1, -0.05) is 0 Å². The SMILES string of the molecule is CCN(CC)C(=O)CN(C)C(=O)c1csc(I)c1. The summed E-state index contributed by atoms with van der Waals surface area (Å²) in [7, 11) is 1.66. The topological polar surface area (TPSA) is 40.6 Å². The first-order valence-electron chi connectivity index (χ1n) is 5.76. The Labute approximate surface area is 125 Å². The zero-order valence-corrected chi connectivity index (χ0v) is 13.7. The van der Waals surface area contributed by atoms with Crippen LogP contribution in [0.4, 0.5) is 0 Å². The molecule has 0 aromatic carbocycles. The van der Waals surface area contributed by atoms with Crippen LogP contribution in [0.1, 0.15) is 24.2 Å². The van der Waals surface area contributed by atoms with E-state index in [0.29, 0.717) is 18.7 Å². The maximum Gasteiger partial charge on any atom is 0.254 e. The minimum atomic E-state index is -0.102. The second kappa shape index (κ2) is 7.08. The van der Waals surface area contributed by atoms with E-state index in [2.05, 4.69) is 22.6 Å². The predicted octanol–water partition coefficient (Wildman–Crippen LogP) is 2.29. The van der Waals surface area contributed by atoms with Crippen LogP contribution in [0.5, 0.6) is 0 Å². The van der Waals surface area contributed by atoms with Gasteiger partial charge >= 0.3 is 0 Å². The molecule has 18 heavy (non-hydrogen) atoms. The molecule has 1 aromatic rings. The summed E-state index contributed by atoms with van der Waals surface area (Å²) in [4.78, 5) is 27.1. The van der Waals surface area contributed by atoms with E-state index in [1.807, 2.05) is 25.3 Å². The fraction of sp³-hybridized carbons (Fsp3) is 0.500. The lowest BCUT2D eigenvalue weighted by molar-refractivity contribution is -0.131. The fourth-order valence-corrected chi connectivity index (χ4v) is 2.91. The lowest BCUT2D eigenvalue weighted by Crippen LogP contribution is -2.40. The molecule has 0 saturated carbocycles. The van der Waals surface area contributed by atoms with Gasteiger partial charge in [-0.25, -0.2) is 0 Å². The van der Waals surface area contributed by atoms with Gasteiger partial charge in [-0.3, -0.25) is 9.59 Å². The van der Waals surface area contributed by atoms with Crippen molar-refractivity contribution >= 4 is 45.7 Å². The zero-order valence-electron chi connectivity index (χ0n) is 10.8. The van der Waals surface area contributed by atoms with E-state index in [4.69, 9.17) is 0 Å². The van der Waals surface area contributed by atoms with Crippen LogP contribution in [0, 0.1) is 2.88 Å². The summed E-state index contributed by atoms with van der Waals surface area (Å²) >= 11 is 3.71. The number of halogens is 1. The lowest BCUT2D eigenvalue weighted by atomic mass is 10.3. The van der Waals surface area contributed by atoms with E-state index in [9.17, 15) is 9.59 Å². The third kappa shape index (κ3) is 3.94. The molecule has 0 spiro atoms. The highest BCUT2D eigenvalue weighted by Gasteiger charge is 2.18. The Bertz CT molecular complexity index is 429. The quantitative estimate of drug-likeness (QED) is 0.736. The van der Waals surface area contributed by atoms with Crippen molar-refractivity contribution in [1.82, 2.24) is 9.80 Å². The molecule has 6 heteroatoms. The molecule has 4 nitrogen and oxygen atoms in total. The summed E-state index contributed by atoms with van der Waals surface area (Å²) in [5, 5.41) is 1.82. The molecular formula is C12H17IN2O2S. The van der Waals surface area contributed by atoms with E-state index < -0.39 is 0 Å². The van der Waals surface area contributed by atoms with Gasteiger partial charge in [0.2, 0.25) is 5.91 Å². The monoisotopic (exact) mass is 380 g/mol. The Balaban J connectivity index is 2.63. The summed E-state index contributed by atoms with van der Waals surface area (Å²) in [6.07, 6.45) is 0. The number of rotatable bonds is 5.